The molecule has 1 saturated heterocycles. The standard InChI is InChI=1S/C27H28N2O4S.3H2/c30-19-24-10-5-17-29(24)34(32,33)25-13-11-20(12-14-25)21-6-4-9-23(18-21)28-26(31)27(15-16-27)22-7-2-1-3-8-22;;;/h1-4,6-9,11-14,18,24,30H,5,10,15-17,19H2,(H,28,31);3*1H/t24-;;;/m1.../s1. The number of amides is 1. The average molecular weight is 483 g/mol. The number of nitrogens with one attached hydrogen (secondary N) is 1. The van der Waals surface area contributed by atoms with E-state index in [1.165, 1.54) is 4.31 Å². The number of sulfonamides is 1. The highest BCUT2D eigenvalue weighted by Crippen LogP contribution is 2.49. The number of anilines is 1. The fourth-order valence-corrected chi connectivity index (χ4v) is 6.50. The topological polar surface area (TPSA) is 86.7 Å². The smallest absolute Gasteiger partial charge is 0.243 e. The summed E-state index contributed by atoms with van der Waals surface area (Å²) in [6.45, 7) is 0.267. The van der Waals surface area contributed by atoms with Crippen LogP contribution in [0.1, 0.15) is 35.5 Å². The van der Waals surface area contributed by atoms with Crippen molar-refractivity contribution in [3.8, 4) is 11.1 Å². The van der Waals surface area contributed by atoms with Gasteiger partial charge in [0.05, 0.1) is 16.9 Å². The van der Waals surface area contributed by atoms with Crippen molar-refractivity contribution in [3.63, 3.8) is 0 Å². The first-order valence-corrected chi connectivity index (χ1v) is 13.1. The third kappa shape index (κ3) is 4.15. The summed E-state index contributed by atoms with van der Waals surface area (Å²) in [4.78, 5) is 13.3. The van der Waals surface area contributed by atoms with Crippen LogP contribution < -0.4 is 5.32 Å². The van der Waals surface area contributed by atoms with Crippen molar-refractivity contribution < 1.29 is 22.6 Å². The van der Waals surface area contributed by atoms with Crippen molar-refractivity contribution in [2.24, 2.45) is 0 Å². The summed E-state index contributed by atoms with van der Waals surface area (Å²) < 4.78 is 27.4. The van der Waals surface area contributed by atoms with Gasteiger partial charge in [-0.3, -0.25) is 4.79 Å². The highest BCUT2D eigenvalue weighted by Gasteiger charge is 2.51. The molecule has 1 atom stereocenters. The van der Waals surface area contributed by atoms with Gasteiger partial charge in [-0.05, 0) is 66.6 Å². The lowest BCUT2D eigenvalue weighted by Crippen LogP contribution is -2.37. The van der Waals surface area contributed by atoms with Crippen LogP contribution in [0, 0.1) is 0 Å². The lowest BCUT2D eigenvalue weighted by molar-refractivity contribution is -0.118. The lowest BCUT2D eigenvalue weighted by Gasteiger charge is -2.22. The molecular formula is C27H34N2O4S. The third-order valence-electron chi connectivity index (χ3n) is 6.96. The third-order valence-corrected chi connectivity index (χ3v) is 8.93. The molecule has 0 bridgehead atoms. The summed E-state index contributed by atoms with van der Waals surface area (Å²) in [5.41, 5.74) is 3.06. The van der Waals surface area contributed by atoms with Gasteiger partial charge in [-0.25, -0.2) is 8.42 Å². The molecule has 3 aromatic rings. The molecule has 0 spiro atoms. The summed E-state index contributed by atoms with van der Waals surface area (Å²) in [7, 11) is -3.64. The van der Waals surface area contributed by atoms with Crippen LogP contribution in [0.4, 0.5) is 5.69 Å². The average Bonchev–Trinajstić information content (AvgIpc) is 3.54. The lowest BCUT2D eigenvalue weighted by atomic mass is 9.95. The minimum atomic E-state index is -3.64. The molecule has 2 aliphatic rings. The molecule has 1 aliphatic heterocycles. The predicted octanol–water partition coefficient (Wildman–Crippen LogP) is 4.91. The van der Waals surface area contributed by atoms with E-state index in [9.17, 15) is 18.3 Å². The molecule has 3 aromatic carbocycles. The molecule has 1 heterocycles. The quantitative estimate of drug-likeness (QED) is 0.501. The van der Waals surface area contributed by atoms with E-state index in [0.717, 1.165) is 36.0 Å². The molecule has 0 radical (unpaired) electrons. The summed E-state index contributed by atoms with van der Waals surface area (Å²) in [6.07, 6.45) is 3.11. The second kappa shape index (κ2) is 8.98. The largest absolute Gasteiger partial charge is 0.395 e. The van der Waals surface area contributed by atoms with Gasteiger partial charge in [0.25, 0.3) is 0 Å². The zero-order valence-corrected chi connectivity index (χ0v) is 19.7. The molecule has 6 nitrogen and oxygen atoms in total. The van der Waals surface area contributed by atoms with Crippen LogP contribution in [0.15, 0.2) is 83.8 Å². The van der Waals surface area contributed by atoms with E-state index in [2.05, 4.69) is 5.32 Å². The Balaban J connectivity index is 0.00000160. The van der Waals surface area contributed by atoms with Gasteiger partial charge in [-0.2, -0.15) is 4.31 Å². The predicted molar refractivity (Wildman–Crippen MR) is 138 cm³/mol. The van der Waals surface area contributed by atoms with Crippen LogP contribution in [0.25, 0.3) is 11.1 Å². The molecule has 1 amide bonds. The maximum absolute atomic E-state index is 13.1. The first-order chi connectivity index (χ1) is 16.4. The maximum atomic E-state index is 13.1. The van der Waals surface area contributed by atoms with Gasteiger partial charge in [0.1, 0.15) is 0 Å². The van der Waals surface area contributed by atoms with E-state index < -0.39 is 15.4 Å². The zero-order chi connectivity index (χ0) is 23.8. The van der Waals surface area contributed by atoms with Gasteiger partial charge < -0.3 is 10.4 Å². The number of carbonyl (C=O) groups is 1. The van der Waals surface area contributed by atoms with Gasteiger partial charge in [0.2, 0.25) is 15.9 Å². The van der Waals surface area contributed by atoms with E-state index in [4.69, 9.17) is 0 Å². The van der Waals surface area contributed by atoms with Crippen molar-refractivity contribution in [2.45, 2.75) is 42.0 Å². The monoisotopic (exact) mass is 482 g/mol. The second-order valence-corrected chi connectivity index (χ2v) is 11.0. The van der Waals surface area contributed by atoms with Crippen LogP contribution in [0.2, 0.25) is 0 Å². The Morgan fingerprint density at radius 2 is 1.74 bits per heavy atom. The van der Waals surface area contributed by atoms with Crippen LogP contribution in [0.5, 0.6) is 0 Å². The van der Waals surface area contributed by atoms with Gasteiger partial charge in [0, 0.05) is 22.6 Å². The Labute approximate surface area is 204 Å². The number of aliphatic hydroxyl groups is 1. The van der Waals surface area contributed by atoms with Crippen LogP contribution >= 0.6 is 0 Å². The fraction of sp³-hybridized carbons (Fsp3) is 0.296. The van der Waals surface area contributed by atoms with Crippen molar-refractivity contribution in [1.29, 1.82) is 0 Å². The Hall–Kier alpha value is -3.00. The first kappa shape index (κ1) is 22.8. The SMILES string of the molecule is O=C(Nc1cccc(-c2ccc(S(=O)(=O)N3CCC[C@@H]3CO)cc2)c1)C1(c2ccccc2)CC1.[HH].[HH].[HH]. The van der Waals surface area contributed by atoms with Crippen molar-refractivity contribution >= 4 is 21.6 Å². The molecule has 1 aliphatic carbocycles. The molecule has 7 heteroatoms. The van der Waals surface area contributed by atoms with E-state index in [1.807, 2.05) is 54.6 Å². The molecular weight excluding hydrogens is 448 g/mol. The molecule has 182 valence electrons. The number of nitrogens with zero attached hydrogens (tertiary/aromatic N) is 1. The molecule has 5 rings (SSSR count). The van der Waals surface area contributed by atoms with E-state index in [0.29, 0.717) is 18.7 Å². The highest BCUT2D eigenvalue weighted by atomic mass is 32.2. The molecule has 1 saturated carbocycles. The number of benzene rings is 3. The van der Waals surface area contributed by atoms with Crippen molar-refractivity contribution in [1.82, 2.24) is 4.31 Å². The summed E-state index contributed by atoms with van der Waals surface area (Å²) in [5.74, 6) is 0.00124. The summed E-state index contributed by atoms with van der Waals surface area (Å²) in [6, 6.07) is 23.9. The van der Waals surface area contributed by atoms with Crippen molar-refractivity contribution in [3.05, 3.63) is 84.4 Å². The second-order valence-electron chi connectivity index (χ2n) is 9.10. The molecule has 2 fully saturated rings. The van der Waals surface area contributed by atoms with E-state index >= 15 is 0 Å². The first-order valence-electron chi connectivity index (χ1n) is 11.6. The fourth-order valence-electron chi connectivity index (χ4n) is 4.82. The minimum Gasteiger partial charge on any atom is -0.395 e. The Kier molecular flexibility index (Phi) is 6.02. The maximum Gasteiger partial charge on any atom is 0.243 e. The van der Waals surface area contributed by atoms with Gasteiger partial charge in [-0.1, -0.05) is 54.6 Å². The zero-order valence-electron chi connectivity index (χ0n) is 18.9. The van der Waals surface area contributed by atoms with Crippen LogP contribution in [-0.4, -0.2) is 42.9 Å². The Morgan fingerprint density at radius 3 is 2.41 bits per heavy atom. The number of hydrogen-bond donors (Lipinski definition) is 2. The minimum absolute atomic E-state index is 0. The summed E-state index contributed by atoms with van der Waals surface area (Å²) >= 11 is 0. The molecule has 0 unspecified atom stereocenters. The van der Waals surface area contributed by atoms with E-state index in [-0.39, 0.29) is 27.7 Å². The normalized spacial score (nSPS) is 19.6. The number of rotatable bonds is 7. The van der Waals surface area contributed by atoms with Crippen molar-refractivity contribution in [2.75, 3.05) is 18.5 Å². The number of carbonyl (C=O) groups excluding carboxylic acids is 1. The van der Waals surface area contributed by atoms with Crippen LogP contribution in [0.3, 0.4) is 0 Å². The molecule has 2 N–H and O–H groups in total. The van der Waals surface area contributed by atoms with Gasteiger partial charge in [0.15, 0.2) is 0 Å². The van der Waals surface area contributed by atoms with Gasteiger partial charge >= 0.3 is 0 Å². The van der Waals surface area contributed by atoms with E-state index in [1.54, 1.807) is 24.3 Å². The molecule has 0 aromatic heterocycles. The Bertz CT molecular complexity index is 1300. The number of hydrogen-bond acceptors (Lipinski definition) is 4. The van der Waals surface area contributed by atoms with Gasteiger partial charge in [-0.15, -0.1) is 0 Å². The summed E-state index contributed by atoms with van der Waals surface area (Å²) in [5, 5.41) is 12.6. The highest BCUT2D eigenvalue weighted by molar-refractivity contribution is 7.89. The Morgan fingerprint density at radius 1 is 1.00 bits per heavy atom. The van der Waals surface area contributed by atoms with Crippen LogP contribution in [-0.2, 0) is 20.2 Å². The molecule has 34 heavy (non-hydrogen) atoms. The number of aliphatic hydroxyl groups excluding tert-OH is 1.